The molecule has 1 atom stereocenters. The van der Waals surface area contributed by atoms with Crippen molar-refractivity contribution in [2.24, 2.45) is 0 Å². The van der Waals surface area contributed by atoms with Gasteiger partial charge in [0.05, 0.1) is 22.8 Å². The van der Waals surface area contributed by atoms with Gasteiger partial charge in [-0.05, 0) is 44.2 Å². The third-order valence-corrected chi connectivity index (χ3v) is 4.00. The highest BCUT2D eigenvalue weighted by Gasteiger charge is 2.24. The number of nitro groups is 1. The van der Waals surface area contributed by atoms with Crippen molar-refractivity contribution in [2.75, 3.05) is 25.6 Å². The molecule has 0 aliphatic rings. The second kappa shape index (κ2) is 8.98. The average Bonchev–Trinajstić information content (AvgIpc) is 2.67. The van der Waals surface area contributed by atoms with Crippen LogP contribution in [0.1, 0.15) is 34.6 Å². The van der Waals surface area contributed by atoms with E-state index in [1.165, 1.54) is 19.1 Å². The van der Waals surface area contributed by atoms with E-state index in [9.17, 15) is 19.7 Å². The van der Waals surface area contributed by atoms with Gasteiger partial charge in [0.2, 0.25) is 5.78 Å². The molecule has 2 aromatic rings. The van der Waals surface area contributed by atoms with Gasteiger partial charge in [0.15, 0.2) is 6.10 Å². The van der Waals surface area contributed by atoms with Crippen molar-refractivity contribution in [3.05, 3.63) is 63.7 Å². The van der Waals surface area contributed by atoms with Crippen LogP contribution in [0.2, 0.25) is 0 Å². The van der Waals surface area contributed by atoms with E-state index in [0.717, 1.165) is 6.07 Å². The molecule has 0 aliphatic carbocycles. The summed E-state index contributed by atoms with van der Waals surface area (Å²) in [5.74, 6) is -0.552. The number of ether oxygens (including phenoxy) is 2. The minimum Gasteiger partial charge on any atom is -0.494 e. The molecule has 8 heteroatoms. The number of hydrogen-bond acceptors (Lipinski definition) is 7. The third kappa shape index (κ3) is 4.85. The van der Waals surface area contributed by atoms with Crippen molar-refractivity contribution in [1.82, 2.24) is 0 Å². The number of ketones is 1. The Morgan fingerprint density at radius 1 is 1.14 bits per heavy atom. The fourth-order valence-corrected chi connectivity index (χ4v) is 2.59. The number of esters is 1. The van der Waals surface area contributed by atoms with Crippen molar-refractivity contribution >= 4 is 23.1 Å². The number of carbonyl (C=O) groups is 2. The van der Waals surface area contributed by atoms with Crippen molar-refractivity contribution in [3.8, 4) is 5.75 Å². The van der Waals surface area contributed by atoms with Crippen molar-refractivity contribution in [2.45, 2.75) is 20.0 Å². The van der Waals surface area contributed by atoms with Crippen LogP contribution in [0, 0.1) is 10.1 Å². The quantitative estimate of drug-likeness (QED) is 0.296. The smallest absolute Gasteiger partial charge is 0.341 e. The number of nitrogens with zero attached hydrogens (tertiary/aromatic N) is 2. The van der Waals surface area contributed by atoms with Crippen LogP contribution in [-0.4, -0.2) is 43.5 Å². The molecule has 0 saturated carbocycles. The van der Waals surface area contributed by atoms with Crippen LogP contribution < -0.4 is 9.64 Å². The van der Waals surface area contributed by atoms with Crippen molar-refractivity contribution in [3.63, 3.8) is 0 Å². The zero-order chi connectivity index (χ0) is 20.8. The summed E-state index contributed by atoms with van der Waals surface area (Å²) in [5.41, 5.74) is 0.612. The number of benzene rings is 2. The molecule has 0 heterocycles. The zero-order valence-electron chi connectivity index (χ0n) is 16.2. The summed E-state index contributed by atoms with van der Waals surface area (Å²) in [5, 5.41) is 11.0. The van der Waals surface area contributed by atoms with Gasteiger partial charge in [-0.3, -0.25) is 14.9 Å². The van der Waals surface area contributed by atoms with Crippen LogP contribution in [0.3, 0.4) is 0 Å². The Morgan fingerprint density at radius 3 is 2.32 bits per heavy atom. The van der Waals surface area contributed by atoms with Gasteiger partial charge in [-0.15, -0.1) is 0 Å². The number of hydrogen-bond donors (Lipinski definition) is 0. The Balaban J connectivity index is 2.20. The van der Waals surface area contributed by atoms with Gasteiger partial charge in [-0.1, -0.05) is 0 Å². The summed E-state index contributed by atoms with van der Waals surface area (Å²) in [6.45, 7) is 3.83. The lowest BCUT2D eigenvalue weighted by molar-refractivity contribution is -0.384. The highest BCUT2D eigenvalue weighted by molar-refractivity contribution is 6.03. The number of Topliss-reactive ketones (excluding diaryl/α,β-unsaturated/α-hetero) is 1. The van der Waals surface area contributed by atoms with Crippen LogP contribution in [0.15, 0.2) is 42.5 Å². The maximum atomic E-state index is 12.6. The minimum absolute atomic E-state index is 0.0190. The first-order chi connectivity index (χ1) is 13.2. The Hall–Kier alpha value is -3.42. The van der Waals surface area contributed by atoms with Gasteiger partial charge in [0, 0.05) is 31.8 Å². The molecule has 2 aromatic carbocycles. The van der Waals surface area contributed by atoms with Gasteiger partial charge in [0.25, 0.3) is 5.69 Å². The maximum Gasteiger partial charge on any atom is 0.341 e. The van der Waals surface area contributed by atoms with Gasteiger partial charge >= 0.3 is 5.97 Å². The fraction of sp³-hybridized carbons (Fsp3) is 0.300. The molecule has 0 unspecified atom stereocenters. The summed E-state index contributed by atoms with van der Waals surface area (Å²) >= 11 is 0. The predicted molar refractivity (Wildman–Crippen MR) is 104 cm³/mol. The third-order valence-electron chi connectivity index (χ3n) is 4.00. The summed E-state index contributed by atoms with van der Waals surface area (Å²) in [7, 11) is 3.40. The predicted octanol–water partition coefficient (Wildman–Crippen LogP) is 3.49. The van der Waals surface area contributed by atoms with Crippen LogP contribution >= 0.6 is 0 Å². The average molecular weight is 386 g/mol. The molecule has 2 rings (SSSR count). The second-order valence-corrected chi connectivity index (χ2v) is 6.22. The highest BCUT2D eigenvalue weighted by Crippen LogP contribution is 2.25. The van der Waals surface area contributed by atoms with Crippen LogP contribution in [0.25, 0.3) is 0 Å². The van der Waals surface area contributed by atoms with E-state index < -0.39 is 17.0 Å². The zero-order valence-corrected chi connectivity index (χ0v) is 16.2. The second-order valence-electron chi connectivity index (χ2n) is 6.22. The van der Waals surface area contributed by atoms with E-state index in [-0.39, 0.29) is 17.0 Å². The van der Waals surface area contributed by atoms with E-state index in [4.69, 9.17) is 9.47 Å². The molecule has 0 aromatic heterocycles. The SMILES string of the molecule is CCOc1ccc(C(=O)[C@H](C)OC(=O)c2cc([N+](=O)[O-])ccc2N(C)C)cc1. The molecule has 28 heavy (non-hydrogen) atoms. The van der Waals surface area contributed by atoms with E-state index >= 15 is 0 Å². The van der Waals surface area contributed by atoms with E-state index in [2.05, 4.69) is 0 Å². The Bertz CT molecular complexity index is 877. The van der Waals surface area contributed by atoms with E-state index in [1.807, 2.05) is 6.92 Å². The van der Waals surface area contributed by atoms with Gasteiger partial charge in [0.1, 0.15) is 5.75 Å². The van der Waals surface area contributed by atoms with Gasteiger partial charge < -0.3 is 14.4 Å². The number of non-ortho nitro benzene ring substituents is 1. The number of nitro benzene ring substituents is 1. The summed E-state index contributed by atoms with van der Waals surface area (Å²) in [4.78, 5) is 37.2. The molecule has 0 bridgehead atoms. The minimum atomic E-state index is -1.06. The monoisotopic (exact) mass is 386 g/mol. The van der Waals surface area contributed by atoms with Crippen LogP contribution in [0.5, 0.6) is 5.75 Å². The van der Waals surface area contributed by atoms with Crippen molar-refractivity contribution < 1.29 is 24.0 Å². The lowest BCUT2D eigenvalue weighted by Crippen LogP contribution is -2.25. The summed E-state index contributed by atoms with van der Waals surface area (Å²) in [6, 6.07) is 10.4. The molecule has 0 spiro atoms. The van der Waals surface area contributed by atoms with Crippen molar-refractivity contribution in [1.29, 1.82) is 0 Å². The highest BCUT2D eigenvalue weighted by atomic mass is 16.6. The number of carbonyl (C=O) groups excluding carboxylic acids is 2. The molecular formula is C20H22N2O6. The normalized spacial score (nSPS) is 11.4. The summed E-state index contributed by atoms with van der Waals surface area (Å²) < 4.78 is 10.6. The molecule has 0 fully saturated rings. The Kier molecular flexibility index (Phi) is 6.70. The first kappa shape index (κ1) is 20.9. The Morgan fingerprint density at radius 2 is 1.79 bits per heavy atom. The topological polar surface area (TPSA) is 99.0 Å². The molecule has 148 valence electrons. The molecule has 0 N–H and O–H groups in total. The fourth-order valence-electron chi connectivity index (χ4n) is 2.59. The summed E-state index contributed by atoms with van der Waals surface area (Å²) in [6.07, 6.45) is -1.06. The standard InChI is InChI=1S/C20H22N2O6/c1-5-27-16-9-6-14(7-10-16)19(23)13(2)28-20(24)17-12-15(22(25)26)8-11-18(17)21(3)4/h6-13H,5H2,1-4H3/t13-/m0/s1. The molecule has 0 radical (unpaired) electrons. The Labute approximate surface area is 162 Å². The van der Waals surface area contributed by atoms with Crippen LogP contribution in [-0.2, 0) is 4.74 Å². The molecular weight excluding hydrogens is 364 g/mol. The molecule has 0 amide bonds. The van der Waals surface area contributed by atoms with Crippen LogP contribution in [0.4, 0.5) is 11.4 Å². The maximum absolute atomic E-state index is 12.6. The molecule has 0 aliphatic heterocycles. The van der Waals surface area contributed by atoms with Gasteiger partial charge in [-0.2, -0.15) is 0 Å². The van der Waals surface area contributed by atoms with E-state index in [0.29, 0.717) is 23.6 Å². The number of rotatable bonds is 8. The van der Waals surface area contributed by atoms with Gasteiger partial charge in [-0.25, -0.2) is 4.79 Å². The first-order valence-corrected chi connectivity index (χ1v) is 8.68. The van der Waals surface area contributed by atoms with E-state index in [1.54, 1.807) is 43.3 Å². The largest absolute Gasteiger partial charge is 0.494 e. The number of anilines is 1. The molecule has 8 nitrogen and oxygen atoms in total. The first-order valence-electron chi connectivity index (χ1n) is 8.68. The lowest BCUT2D eigenvalue weighted by Gasteiger charge is -2.18. The lowest BCUT2D eigenvalue weighted by atomic mass is 10.1. The molecule has 0 saturated heterocycles.